The van der Waals surface area contributed by atoms with Crippen molar-refractivity contribution in [1.29, 1.82) is 0 Å². The fourth-order valence-corrected chi connectivity index (χ4v) is 3.37. The van der Waals surface area contributed by atoms with E-state index in [0.717, 1.165) is 36.3 Å². The molecule has 150 valence electrons. The summed E-state index contributed by atoms with van der Waals surface area (Å²) < 4.78 is 7.60. The Morgan fingerprint density at radius 3 is 2.31 bits per heavy atom. The highest BCUT2D eigenvalue weighted by Gasteiger charge is 2.23. The van der Waals surface area contributed by atoms with E-state index in [1.807, 2.05) is 78.2 Å². The summed E-state index contributed by atoms with van der Waals surface area (Å²) in [6, 6.07) is 13.7. The Kier molecular flexibility index (Phi) is 5.46. The number of benzene rings is 1. The molecule has 2 aromatic heterocycles. The van der Waals surface area contributed by atoms with E-state index in [-0.39, 0.29) is 12.5 Å². The van der Waals surface area contributed by atoms with Gasteiger partial charge in [0.15, 0.2) is 6.61 Å². The monoisotopic (exact) mass is 391 g/mol. The van der Waals surface area contributed by atoms with Crippen molar-refractivity contribution < 1.29 is 9.53 Å². The van der Waals surface area contributed by atoms with Gasteiger partial charge in [-0.1, -0.05) is 17.7 Å². The van der Waals surface area contributed by atoms with Crippen molar-refractivity contribution in [2.24, 2.45) is 0 Å². The molecule has 0 N–H and O–H groups in total. The van der Waals surface area contributed by atoms with E-state index in [1.165, 1.54) is 5.56 Å². The molecular weight excluding hydrogens is 366 g/mol. The maximum absolute atomic E-state index is 12.5. The Hall–Kier alpha value is -3.35. The molecule has 1 fully saturated rings. The van der Waals surface area contributed by atoms with Crippen LogP contribution in [0.3, 0.4) is 0 Å². The summed E-state index contributed by atoms with van der Waals surface area (Å²) in [4.78, 5) is 25.7. The second-order valence-corrected chi connectivity index (χ2v) is 7.19. The second-order valence-electron chi connectivity index (χ2n) is 7.19. The molecule has 7 heteroatoms. The lowest BCUT2D eigenvalue weighted by molar-refractivity contribution is -0.133. The summed E-state index contributed by atoms with van der Waals surface area (Å²) in [5, 5.41) is 0. The van der Waals surface area contributed by atoms with E-state index in [2.05, 4.69) is 14.9 Å². The number of aryl methyl sites for hydroxylation is 2. The molecule has 1 saturated heterocycles. The van der Waals surface area contributed by atoms with Crippen molar-refractivity contribution in [2.75, 3.05) is 37.7 Å². The summed E-state index contributed by atoms with van der Waals surface area (Å²) in [6.07, 6.45) is 3.94. The number of anilines is 1. The van der Waals surface area contributed by atoms with Gasteiger partial charge in [-0.05, 0) is 38.1 Å². The third-order valence-electron chi connectivity index (χ3n) is 5.02. The van der Waals surface area contributed by atoms with Crippen molar-refractivity contribution in [3.63, 3.8) is 0 Å². The Bertz CT molecular complexity index is 961. The van der Waals surface area contributed by atoms with Gasteiger partial charge in [0.2, 0.25) is 0 Å². The molecule has 1 aromatic carbocycles. The van der Waals surface area contributed by atoms with Crippen LogP contribution in [-0.4, -0.2) is 58.1 Å². The summed E-state index contributed by atoms with van der Waals surface area (Å²) in [5.74, 6) is 3.21. The van der Waals surface area contributed by atoms with Crippen LogP contribution in [0.5, 0.6) is 5.75 Å². The topological polar surface area (TPSA) is 63.5 Å². The molecule has 0 spiro atoms. The van der Waals surface area contributed by atoms with Gasteiger partial charge in [-0.25, -0.2) is 9.97 Å². The zero-order valence-electron chi connectivity index (χ0n) is 16.8. The summed E-state index contributed by atoms with van der Waals surface area (Å²) in [7, 11) is 0. The number of aromatic nitrogens is 3. The molecular formula is C22H25N5O2. The van der Waals surface area contributed by atoms with Gasteiger partial charge < -0.3 is 19.1 Å². The number of carbonyl (C=O) groups is 1. The largest absolute Gasteiger partial charge is 0.484 e. The van der Waals surface area contributed by atoms with Crippen LogP contribution in [-0.2, 0) is 4.79 Å². The molecule has 0 saturated carbocycles. The first-order chi connectivity index (χ1) is 14.1. The number of carbonyl (C=O) groups excluding carboxylic acids is 1. The first-order valence-electron chi connectivity index (χ1n) is 9.80. The predicted molar refractivity (Wildman–Crippen MR) is 112 cm³/mol. The molecule has 0 radical (unpaired) electrons. The van der Waals surface area contributed by atoms with Crippen LogP contribution in [0.1, 0.15) is 11.4 Å². The minimum absolute atomic E-state index is 0.0112. The van der Waals surface area contributed by atoms with Crippen LogP contribution < -0.4 is 9.64 Å². The Morgan fingerprint density at radius 2 is 1.62 bits per heavy atom. The number of ether oxygens (including phenoxy) is 1. The summed E-state index contributed by atoms with van der Waals surface area (Å²) in [5.41, 5.74) is 1.17. The van der Waals surface area contributed by atoms with Crippen molar-refractivity contribution in [3.05, 3.63) is 66.2 Å². The van der Waals surface area contributed by atoms with Crippen LogP contribution in [0.15, 0.2) is 54.9 Å². The van der Waals surface area contributed by atoms with Gasteiger partial charge in [-0.15, -0.1) is 0 Å². The van der Waals surface area contributed by atoms with Crippen molar-refractivity contribution in [3.8, 4) is 11.6 Å². The van der Waals surface area contributed by atoms with Gasteiger partial charge in [0.1, 0.15) is 23.2 Å². The molecule has 1 aliphatic rings. The molecule has 4 rings (SSSR count). The van der Waals surface area contributed by atoms with Gasteiger partial charge in [0.05, 0.1) is 0 Å². The van der Waals surface area contributed by atoms with E-state index >= 15 is 0 Å². The van der Waals surface area contributed by atoms with Crippen LogP contribution >= 0.6 is 0 Å². The Balaban J connectivity index is 1.34. The Labute approximate surface area is 170 Å². The molecule has 0 unspecified atom stereocenters. The number of rotatable bonds is 5. The van der Waals surface area contributed by atoms with Crippen molar-refractivity contribution in [2.45, 2.75) is 13.8 Å². The molecule has 0 bridgehead atoms. The maximum Gasteiger partial charge on any atom is 0.260 e. The molecule has 7 nitrogen and oxygen atoms in total. The van der Waals surface area contributed by atoms with Crippen molar-refractivity contribution in [1.82, 2.24) is 19.4 Å². The number of amides is 1. The molecule has 0 atom stereocenters. The van der Waals surface area contributed by atoms with E-state index in [0.29, 0.717) is 13.1 Å². The van der Waals surface area contributed by atoms with Gasteiger partial charge in [0.25, 0.3) is 5.91 Å². The molecule has 3 aromatic rings. The number of piperazine rings is 1. The van der Waals surface area contributed by atoms with Crippen molar-refractivity contribution >= 4 is 11.7 Å². The van der Waals surface area contributed by atoms with Crippen LogP contribution in [0, 0.1) is 13.8 Å². The van der Waals surface area contributed by atoms with E-state index in [9.17, 15) is 4.79 Å². The zero-order valence-corrected chi connectivity index (χ0v) is 16.8. The molecule has 1 aliphatic heterocycles. The van der Waals surface area contributed by atoms with Crippen LogP contribution in [0.25, 0.3) is 5.82 Å². The molecule has 29 heavy (non-hydrogen) atoms. The second kappa shape index (κ2) is 8.34. The first-order valence-corrected chi connectivity index (χ1v) is 9.80. The van der Waals surface area contributed by atoms with E-state index in [4.69, 9.17) is 4.74 Å². The average Bonchev–Trinajstić information content (AvgIpc) is 3.28. The van der Waals surface area contributed by atoms with Gasteiger partial charge >= 0.3 is 0 Å². The van der Waals surface area contributed by atoms with Gasteiger partial charge in [-0.3, -0.25) is 4.79 Å². The Morgan fingerprint density at radius 1 is 0.966 bits per heavy atom. The van der Waals surface area contributed by atoms with E-state index in [1.54, 1.807) is 0 Å². The normalized spacial score (nSPS) is 14.1. The number of hydrogen-bond donors (Lipinski definition) is 0. The lowest BCUT2D eigenvalue weighted by atomic mass is 10.2. The highest BCUT2D eigenvalue weighted by atomic mass is 16.5. The third-order valence-corrected chi connectivity index (χ3v) is 5.02. The molecule has 3 heterocycles. The van der Waals surface area contributed by atoms with Gasteiger partial charge in [0, 0.05) is 44.6 Å². The lowest BCUT2D eigenvalue weighted by Crippen LogP contribution is -2.50. The average molecular weight is 391 g/mol. The first kappa shape index (κ1) is 19.0. The zero-order chi connectivity index (χ0) is 20.2. The highest BCUT2D eigenvalue weighted by Crippen LogP contribution is 2.18. The lowest BCUT2D eigenvalue weighted by Gasteiger charge is -2.35. The minimum atomic E-state index is 0.0112. The SMILES string of the molecule is Cc1ccc(OCC(=O)N2CCN(c3cc(-n4cccc4)nc(C)n3)CC2)cc1. The number of hydrogen-bond acceptors (Lipinski definition) is 5. The third kappa shape index (κ3) is 4.56. The predicted octanol–water partition coefficient (Wildman–Crippen LogP) is 2.61. The quantitative estimate of drug-likeness (QED) is 0.669. The standard InChI is InChI=1S/C22H25N5O2/c1-17-5-7-19(8-6-17)29-16-22(28)27-13-11-26(12-14-27)21-15-20(23-18(2)24-21)25-9-3-4-10-25/h3-10,15H,11-14,16H2,1-2H3. The fourth-order valence-electron chi connectivity index (χ4n) is 3.37. The van der Waals surface area contributed by atoms with Crippen LogP contribution in [0.4, 0.5) is 5.82 Å². The van der Waals surface area contributed by atoms with E-state index < -0.39 is 0 Å². The minimum Gasteiger partial charge on any atom is -0.484 e. The fraction of sp³-hybridized carbons (Fsp3) is 0.318. The van der Waals surface area contributed by atoms with Crippen LogP contribution in [0.2, 0.25) is 0 Å². The smallest absolute Gasteiger partial charge is 0.260 e. The van der Waals surface area contributed by atoms with Gasteiger partial charge in [-0.2, -0.15) is 0 Å². The summed E-state index contributed by atoms with van der Waals surface area (Å²) in [6.45, 7) is 6.76. The molecule has 1 amide bonds. The highest BCUT2D eigenvalue weighted by molar-refractivity contribution is 5.78. The molecule has 0 aliphatic carbocycles. The summed E-state index contributed by atoms with van der Waals surface area (Å²) >= 11 is 0. The number of nitrogens with zero attached hydrogens (tertiary/aromatic N) is 5. The maximum atomic E-state index is 12.5.